The molecule has 0 aliphatic heterocycles. The van der Waals surface area contributed by atoms with E-state index in [2.05, 4.69) is 4.90 Å². The van der Waals surface area contributed by atoms with Crippen LogP contribution in [0.25, 0.3) is 0 Å². The highest BCUT2D eigenvalue weighted by Crippen LogP contribution is 2.53. The number of benzene rings is 1. The quantitative estimate of drug-likeness (QED) is 0.288. The van der Waals surface area contributed by atoms with Gasteiger partial charge in [0.2, 0.25) is 5.78 Å². The molecule has 0 spiro atoms. The van der Waals surface area contributed by atoms with Crippen LogP contribution in [0.5, 0.6) is 5.75 Å². The Morgan fingerprint density at radius 1 is 1.10 bits per heavy atom. The molecule has 41 heavy (non-hydrogen) atoms. The number of hydrogen-bond acceptors (Lipinski definition) is 9. The molecule has 1 amide bonds. The van der Waals surface area contributed by atoms with Gasteiger partial charge in [-0.15, -0.1) is 0 Å². The molecule has 11 heteroatoms. The molecule has 1 aromatic carbocycles. The topological polar surface area (TPSA) is 165 Å². The van der Waals surface area contributed by atoms with E-state index in [1.54, 1.807) is 14.1 Å². The molecule has 0 aromatic heterocycles. The number of phenols is 1. The highest BCUT2D eigenvalue weighted by Gasteiger charge is 2.63. The maximum absolute atomic E-state index is 13.9. The summed E-state index contributed by atoms with van der Waals surface area (Å²) in [6.45, 7) is 2.49. The molecule has 2 fully saturated rings. The number of aliphatic hydroxyl groups excluding tert-OH is 2. The van der Waals surface area contributed by atoms with E-state index in [1.807, 2.05) is 0 Å². The summed E-state index contributed by atoms with van der Waals surface area (Å²) in [5, 5.41) is 45.5. The second kappa shape index (κ2) is 9.83. The van der Waals surface area contributed by atoms with E-state index in [4.69, 9.17) is 17.3 Å². The number of nitrogens with zero attached hydrogens (tertiary/aromatic N) is 2. The Hall–Kier alpha value is -2.92. The van der Waals surface area contributed by atoms with E-state index in [9.17, 15) is 34.8 Å². The minimum Gasteiger partial charge on any atom is -0.510 e. The van der Waals surface area contributed by atoms with Crippen LogP contribution in [-0.2, 0) is 22.6 Å². The second-order valence-electron chi connectivity index (χ2n) is 12.8. The number of carbonyl (C=O) groups excluding carboxylic acids is 3. The molecule has 0 heterocycles. The Morgan fingerprint density at radius 3 is 2.24 bits per heavy atom. The molecular weight excluding hydrogens is 550 g/mol. The Morgan fingerprint density at radius 2 is 1.71 bits per heavy atom. The minimum absolute atomic E-state index is 0.0303. The van der Waals surface area contributed by atoms with Crippen molar-refractivity contribution in [2.24, 2.45) is 29.4 Å². The van der Waals surface area contributed by atoms with Crippen molar-refractivity contribution in [1.29, 1.82) is 0 Å². The van der Waals surface area contributed by atoms with Crippen molar-refractivity contribution in [1.82, 2.24) is 9.80 Å². The van der Waals surface area contributed by atoms with Crippen LogP contribution >= 0.6 is 11.6 Å². The van der Waals surface area contributed by atoms with Gasteiger partial charge in [0.1, 0.15) is 22.8 Å². The molecule has 0 unspecified atom stereocenters. The predicted octanol–water partition coefficient (Wildman–Crippen LogP) is 2.40. The van der Waals surface area contributed by atoms with E-state index in [-0.39, 0.29) is 29.7 Å². The van der Waals surface area contributed by atoms with Crippen LogP contribution in [0.15, 0.2) is 28.7 Å². The molecule has 5 aliphatic carbocycles. The van der Waals surface area contributed by atoms with Crippen molar-refractivity contribution in [3.05, 3.63) is 50.4 Å². The molecule has 5 aliphatic rings. The van der Waals surface area contributed by atoms with Crippen molar-refractivity contribution in [3.63, 3.8) is 0 Å². The Labute approximate surface area is 243 Å². The molecule has 6 rings (SSSR count). The number of carbonyl (C=O) groups is 3. The van der Waals surface area contributed by atoms with E-state index >= 15 is 0 Å². The number of fused-ring (bicyclic) bond motifs is 3. The molecule has 0 bridgehead atoms. The summed E-state index contributed by atoms with van der Waals surface area (Å²) in [4.78, 5) is 43.3. The van der Waals surface area contributed by atoms with Crippen LogP contribution in [0, 0.1) is 23.7 Å². The Bertz CT molecular complexity index is 1410. The van der Waals surface area contributed by atoms with Gasteiger partial charge in [-0.05, 0) is 87.6 Å². The first-order chi connectivity index (χ1) is 19.3. The average molecular weight is 586 g/mol. The van der Waals surface area contributed by atoms with Crippen LogP contribution in [-0.4, -0.2) is 86.5 Å². The van der Waals surface area contributed by atoms with Crippen molar-refractivity contribution >= 4 is 29.1 Å². The van der Waals surface area contributed by atoms with Crippen LogP contribution in [0.3, 0.4) is 0 Å². The lowest BCUT2D eigenvalue weighted by Crippen LogP contribution is -2.63. The molecule has 2 saturated carbocycles. The van der Waals surface area contributed by atoms with Crippen molar-refractivity contribution in [3.8, 4) is 5.75 Å². The Balaban J connectivity index is 1.41. The van der Waals surface area contributed by atoms with Crippen LogP contribution in [0.1, 0.15) is 53.6 Å². The van der Waals surface area contributed by atoms with Gasteiger partial charge in [-0.3, -0.25) is 24.2 Å². The predicted molar refractivity (Wildman–Crippen MR) is 149 cm³/mol. The fraction of sp³-hybridized carbons (Fsp3) is 0.567. The van der Waals surface area contributed by atoms with Crippen molar-refractivity contribution < 1.29 is 34.8 Å². The maximum atomic E-state index is 13.9. The number of primary amides is 1. The number of amides is 1. The summed E-state index contributed by atoms with van der Waals surface area (Å²) in [5.41, 5.74) is 2.85. The fourth-order valence-corrected chi connectivity index (χ4v) is 7.53. The monoisotopic (exact) mass is 585 g/mol. The van der Waals surface area contributed by atoms with Gasteiger partial charge in [-0.2, -0.15) is 0 Å². The van der Waals surface area contributed by atoms with E-state index < -0.39 is 58.0 Å². The fourth-order valence-electron chi connectivity index (χ4n) is 7.24. The summed E-state index contributed by atoms with van der Waals surface area (Å²) in [6, 6.07) is 0.471. The number of nitrogens with two attached hydrogens (primary N) is 1. The van der Waals surface area contributed by atoms with Crippen LogP contribution < -0.4 is 5.73 Å². The lowest BCUT2D eigenvalue weighted by Gasteiger charge is -2.50. The molecule has 6 N–H and O–H groups in total. The van der Waals surface area contributed by atoms with Crippen molar-refractivity contribution in [2.75, 3.05) is 27.2 Å². The molecule has 0 radical (unpaired) electrons. The number of Topliss-reactive ketones (excluding diaryl/α,β-unsaturated/α-hetero) is 2. The minimum atomic E-state index is -2.66. The molecule has 0 saturated heterocycles. The largest absolute Gasteiger partial charge is 0.510 e. The molecule has 220 valence electrons. The number of ketones is 2. The zero-order valence-electron chi connectivity index (χ0n) is 23.2. The number of aliphatic hydroxyl groups is 3. The Kier molecular flexibility index (Phi) is 6.76. The van der Waals surface area contributed by atoms with Gasteiger partial charge in [-0.25, -0.2) is 0 Å². The van der Waals surface area contributed by atoms with Gasteiger partial charge in [-0.1, -0.05) is 11.6 Å². The van der Waals surface area contributed by atoms with Gasteiger partial charge >= 0.3 is 0 Å². The summed E-state index contributed by atoms with van der Waals surface area (Å²) in [5.74, 6) is -5.33. The van der Waals surface area contributed by atoms with E-state index in [1.165, 1.54) is 36.6 Å². The lowest BCUT2D eigenvalue weighted by molar-refractivity contribution is -0.148. The maximum Gasteiger partial charge on any atom is 0.255 e. The third kappa shape index (κ3) is 4.47. The van der Waals surface area contributed by atoms with Crippen molar-refractivity contribution in [2.45, 2.75) is 56.7 Å². The number of hydrogen-bond donors (Lipinski definition) is 5. The summed E-state index contributed by atoms with van der Waals surface area (Å²) < 4.78 is 0. The number of halogens is 1. The number of phenolic OH excluding ortho intramolecular Hbond substituents is 1. The summed E-state index contributed by atoms with van der Waals surface area (Å²) in [7, 11) is 3.20. The average Bonchev–Trinajstić information content (AvgIpc) is 3.81. The van der Waals surface area contributed by atoms with Gasteiger partial charge in [0, 0.05) is 36.1 Å². The highest BCUT2D eigenvalue weighted by atomic mass is 35.5. The van der Waals surface area contributed by atoms with Crippen LogP contribution in [0.4, 0.5) is 0 Å². The number of aromatic hydroxyl groups is 1. The normalized spacial score (nSPS) is 29.7. The van der Waals surface area contributed by atoms with Crippen LogP contribution in [0.2, 0.25) is 5.02 Å². The second-order valence-corrected chi connectivity index (χ2v) is 13.1. The number of likely N-dealkylation sites (N-methyl/N-ethyl adjacent to an activating group) is 1. The highest BCUT2D eigenvalue weighted by molar-refractivity contribution is 6.33. The zero-order valence-corrected chi connectivity index (χ0v) is 23.9. The zero-order chi connectivity index (χ0) is 29.5. The number of allylic oxidation sites excluding steroid dienone is 1. The molecule has 4 atom stereocenters. The van der Waals surface area contributed by atoms with E-state index in [0.29, 0.717) is 29.0 Å². The van der Waals surface area contributed by atoms with E-state index in [0.717, 1.165) is 18.7 Å². The SMILES string of the molecule is CN(C)[C@@H]1C(O)=C(C(N)=O)C(=O)[C@@]2(O)C(O)=C3C(=O)c4c(O)cc(CN(CC5CC5)CC5CC5)c(Cl)c4C[C@H]3C[C@@H]12. The lowest BCUT2D eigenvalue weighted by atomic mass is 9.58. The smallest absolute Gasteiger partial charge is 0.255 e. The molecule has 10 nitrogen and oxygen atoms in total. The standard InChI is InChI=1S/C30H36ClN3O7/c1-33(2)24-18-8-15-7-17-21(25(36)20(15)27(38)30(18,41)28(39)22(26(24)37)29(32)40)19(35)9-16(23(17)31)12-34(10-13-3-4-13)11-14-5-6-14/h9,13-15,18,24,35,37-38,41H,3-8,10-12H2,1-2H3,(H2,32,40)/t15-,18-,24-,30-/m0/s1. The first-order valence-corrected chi connectivity index (χ1v) is 14.6. The third-order valence-electron chi connectivity index (χ3n) is 9.55. The van der Waals surface area contributed by atoms with Gasteiger partial charge in [0.05, 0.1) is 11.6 Å². The third-order valence-corrected chi connectivity index (χ3v) is 10.0. The molecular formula is C30H36ClN3O7. The van der Waals surface area contributed by atoms with Gasteiger partial charge < -0.3 is 26.2 Å². The number of rotatable bonds is 8. The summed E-state index contributed by atoms with van der Waals surface area (Å²) in [6.07, 6.45) is 5.08. The molecule has 1 aromatic rings. The van der Waals surface area contributed by atoms with Gasteiger partial charge in [0.15, 0.2) is 11.4 Å². The first kappa shape index (κ1) is 28.2. The summed E-state index contributed by atoms with van der Waals surface area (Å²) >= 11 is 6.95. The van der Waals surface area contributed by atoms with Gasteiger partial charge in [0.25, 0.3) is 5.91 Å². The first-order valence-electron chi connectivity index (χ1n) is 14.2.